The molecule has 1 aromatic carbocycles. The third-order valence-electron chi connectivity index (χ3n) is 5.11. The summed E-state index contributed by atoms with van der Waals surface area (Å²) < 4.78 is 33.0. The molecule has 0 atom stereocenters. The normalized spacial score (nSPS) is 18.3. The number of hydrogen-bond acceptors (Lipinski definition) is 5. The largest absolute Gasteiger partial charge is 0.497 e. The first-order valence-corrected chi connectivity index (χ1v) is 9.09. The summed E-state index contributed by atoms with van der Waals surface area (Å²) in [6, 6.07) is 4.32. The van der Waals surface area contributed by atoms with E-state index in [-0.39, 0.29) is 11.1 Å². The van der Waals surface area contributed by atoms with Gasteiger partial charge in [-0.25, -0.2) is 9.18 Å². The maximum Gasteiger partial charge on any atom is 0.497 e. The Kier molecular flexibility index (Phi) is 4.60. The first-order chi connectivity index (χ1) is 12.8. The Morgan fingerprint density at radius 3 is 2.29 bits per heavy atom. The number of fused-ring (bicyclic) bond motifs is 1. The topological polar surface area (TPSA) is 73.5 Å². The lowest BCUT2D eigenvalue weighted by molar-refractivity contribution is 0.00578. The van der Waals surface area contributed by atoms with Gasteiger partial charge in [-0.15, -0.1) is 0 Å². The van der Waals surface area contributed by atoms with E-state index in [1.54, 1.807) is 20.8 Å². The first kappa shape index (κ1) is 20.4. The Morgan fingerprint density at radius 1 is 1.21 bits per heavy atom. The van der Waals surface area contributed by atoms with Crippen molar-refractivity contribution in [3.8, 4) is 6.07 Å². The Morgan fingerprint density at radius 2 is 1.79 bits per heavy atom. The van der Waals surface area contributed by atoms with Crippen LogP contribution < -0.4 is 5.46 Å². The van der Waals surface area contributed by atoms with E-state index in [1.165, 1.54) is 16.8 Å². The van der Waals surface area contributed by atoms with Crippen molar-refractivity contribution >= 4 is 29.6 Å². The van der Waals surface area contributed by atoms with Crippen molar-refractivity contribution in [3.63, 3.8) is 0 Å². The van der Waals surface area contributed by atoms with Crippen molar-refractivity contribution in [2.75, 3.05) is 0 Å². The molecule has 0 amide bonds. The lowest BCUT2D eigenvalue weighted by Crippen LogP contribution is -2.41. The minimum absolute atomic E-state index is 0.0311. The van der Waals surface area contributed by atoms with Crippen LogP contribution in [0.15, 0.2) is 18.3 Å². The number of halogens is 1. The van der Waals surface area contributed by atoms with E-state index in [2.05, 4.69) is 0 Å². The molecule has 2 heterocycles. The molecule has 2 aromatic rings. The first-order valence-electron chi connectivity index (χ1n) is 9.09. The van der Waals surface area contributed by atoms with Crippen LogP contribution in [0.4, 0.5) is 9.18 Å². The van der Waals surface area contributed by atoms with Crippen molar-refractivity contribution < 1.29 is 23.2 Å². The predicted molar refractivity (Wildman–Crippen MR) is 104 cm³/mol. The predicted octanol–water partition coefficient (Wildman–Crippen LogP) is 3.73. The number of benzene rings is 1. The van der Waals surface area contributed by atoms with Crippen LogP contribution in [-0.2, 0) is 14.0 Å². The number of nitrogens with zero attached hydrogens (tertiary/aromatic N) is 2. The summed E-state index contributed by atoms with van der Waals surface area (Å²) in [6.07, 6.45) is 0.838. The molecule has 0 unspecified atom stereocenters. The van der Waals surface area contributed by atoms with Crippen molar-refractivity contribution in [1.29, 1.82) is 5.26 Å². The minimum atomic E-state index is -0.815. The maximum absolute atomic E-state index is 14.2. The molecule has 1 aliphatic rings. The van der Waals surface area contributed by atoms with Crippen LogP contribution in [0.3, 0.4) is 0 Å². The zero-order chi connectivity index (χ0) is 21.1. The Bertz CT molecular complexity index is 982. The van der Waals surface area contributed by atoms with Crippen LogP contribution in [-0.4, -0.2) is 34.6 Å². The second-order valence-corrected chi connectivity index (χ2v) is 8.98. The van der Waals surface area contributed by atoms with Crippen LogP contribution in [0.1, 0.15) is 54.0 Å². The van der Waals surface area contributed by atoms with Gasteiger partial charge in [-0.2, -0.15) is 5.26 Å². The number of rotatable bonds is 1. The van der Waals surface area contributed by atoms with Gasteiger partial charge in [0.15, 0.2) is 0 Å². The smallest absolute Gasteiger partial charge is 0.443 e. The lowest BCUT2D eigenvalue weighted by Gasteiger charge is -2.32. The molecule has 148 valence electrons. The van der Waals surface area contributed by atoms with Crippen molar-refractivity contribution in [2.45, 2.75) is 65.3 Å². The number of carbonyl (C=O) groups is 1. The van der Waals surface area contributed by atoms with Gasteiger partial charge in [-0.1, -0.05) is 0 Å². The molecule has 0 spiro atoms. The van der Waals surface area contributed by atoms with Crippen LogP contribution in [0, 0.1) is 17.1 Å². The van der Waals surface area contributed by atoms with Crippen molar-refractivity contribution in [2.24, 2.45) is 0 Å². The second kappa shape index (κ2) is 6.33. The summed E-state index contributed by atoms with van der Waals surface area (Å²) >= 11 is 0. The van der Waals surface area contributed by atoms with Crippen molar-refractivity contribution in [3.05, 3.63) is 29.7 Å². The SMILES string of the molecule is CC(C)(C)OC(=O)n1cc(B2OC(C)(C)C(C)(C)O2)c2cc(F)cc(C#N)c21. The Balaban J connectivity index is 2.21. The molecule has 1 aliphatic heterocycles. The monoisotopic (exact) mass is 386 g/mol. The van der Waals surface area contributed by atoms with E-state index in [0.29, 0.717) is 10.8 Å². The van der Waals surface area contributed by atoms with E-state index in [1.807, 2.05) is 33.8 Å². The number of nitriles is 1. The van der Waals surface area contributed by atoms with E-state index in [4.69, 9.17) is 14.0 Å². The molecule has 0 radical (unpaired) electrons. The third kappa shape index (κ3) is 3.40. The van der Waals surface area contributed by atoms with Gasteiger partial charge in [0.05, 0.1) is 22.3 Å². The molecule has 28 heavy (non-hydrogen) atoms. The van der Waals surface area contributed by atoms with Crippen LogP contribution in [0.2, 0.25) is 0 Å². The van der Waals surface area contributed by atoms with E-state index < -0.39 is 35.8 Å². The van der Waals surface area contributed by atoms with E-state index in [0.717, 1.165) is 6.07 Å². The molecular formula is C20H24BFN2O4. The molecule has 6 nitrogen and oxygen atoms in total. The quantitative estimate of drug-likeness (QED) is 0.699. The third-order valence-corrected chi connectivity index (χ3v) is 5.11. The summed E-state index contributed by atoms with van der Waals surface area (Å²) in [5.74, 6) is -0.580. The summed E-state index contributed by atoms with van der Waals surface area (Å²) in [7, 11) is -0.815. The van der Waals surface area contributed by atoms with Crippen molar-refractivity contribution in [1.82, 2.24) is 4.57 Å². The fourth-order valence-corrected chi connectivity index (χ4v) is 3.05. The van der Waals surface area contributed by atoms with Gasteiger partial charge in [-0.3, -0.25) is 4.57 Å². The minimum Gasteiger partial charge on any atom is -0.443 e. The van der Waals surface area contributed by atoms with E-state index in [9.17, 15) is 14.4 Å². The van der Waals surface area contributed by atoms with E-state index >= 15 is 0 Å². The zero-order valence-electron chi connectivity index (χ0n) is 17.2. The van der Waals surface area contributed by atoms with Gasteiger partial charge in [0.2, 0.25) is 0 Å². The number of hydrogen-bond donors (Lipinski definition) is 0. The molecule has 1 aromatic heterocycles. The summed E-state index contributed by atoms with van der Waals surface area (Å²) in [4.78, 5) is 12.8. The Hall–Kier alpha value is -2.37. The molecule has 0 N–H and O–H groups in total. The number of aromatic nitrogens is 1. The molecule has 1 fully saturated rings. The highest BCUT2D eigenvalue weighted by molar-refractivity contribution is 6.65. The Labute approximate surface area is 164 Å². The van der Waals surface area contributed by atoms with Gasteiger partial charge < -0.3 is 14.0 Å². The highest BCUT2D eigenvalue weighted by atomic mass is 19.1. The molecule has 0 bridgehead atoms. The summed E-state index contributed by atoms with van der Waals surface area (Å²) in [5.41, 5.74) is -1.18. The molecular weight excluding hydrogens is 362 g/mol. The number of carbonyl (C=O) groups excluding carboxylic acids is 1. The van der Waals surface area contributed by atoms with Gasteiger partial charge in [0.25, 0.3) is 0 Å². The molecule has 3 rings (SSSR count). The van der Waals surface area contributed by atoms with Crippen LogP contribution in [0.25, 0.3) is 10.9 Å². The summed E-state index contributed by atoms with van der Waals surface area (Å²) in [5, 5.41) is 9.87. The lowest BCUT2D eigenvalue weighted by atomic mass is 9.79. The van der Waals surface area contributed by atoms with Crippen LogP contribution >= 0.6 is 0 Å². The fraction of sp³-hybridized carbons (Fsp3) is 0.500. The van der Waals surface area contributed by atoms with Gasteiger partial charge in [0, 0.05) is 17.0 Å². The average molecular weight is 386 g/mol. The fourth-order valence-electron chi connectivity index (χ4n) is 3.05. The zero-order valence-corrected chi connectivity index (χ0v) is 17.2. The van der Waals surface area contributed by atoms with Gasteiger partial charge in [0.1, 0.15) is 17.5 Å². The summed E-state index contributed by atoms with van der Waals surface area (Å²) in [6.45, 7) is 12.9. The molecule has 0 saturated carbocycles. The molecule has 8 heteroatoms. The standard InChI is InChI=1S/C20H24BFN2O4/c1-18(2,3)26-17(25)24-11-15(21-27-19(4,5)20(6,7)28-21)14-9-13(22)8-12(10-23)16(14)24/h8-9,11H,1-7H3. The molecule has 0 aliphatic carbocycles. The highest BCUT2D eigenvalue weighted by Crippen LogP contribution is 2.37. The average Bonchev–Trinajstić information content (AvgIpc) is 2.99. The number of ether oxygens (including phenoxy) is 1. The van der Waals surface area contributed by atoms with Gasteiger partial charge >= 0.3 is 13.2 Å². The highest BCUT2D eigenvalue weighted by Gasteiger charge is 2.52. The van der Waals surface area contributed by atoms with Crippen LogP contribution in [0.5, 0.6) is 0 Å². The second-order valence-electron chi connectivity index (χ2n) is 8.98. The van der Waals surface area contributed by atoms with Gasteiger partial charge in [-0.05, 0) is 60.6 Å². The molecule has 1 saturated heterocycles. The maximum atomic E-state index is 14.2.